The second-order valence-corrected chi connectivity index (χ2v) is 5.38. The van der Waals surface area contributed by atoms with Crippen LogP contribution in [0.15, 0.2) is 0 Å². The van der Waals surface area contributed by atoms with Crippen LogP contribution >= 0.6 is 0 Å². The maximum absolute atomic E-state index is 11.3. The first kappa shape index (κ1) is 13.6. The molecule has 3 amide bonds. The third-order valence-corrected chi connectivity index (χ3v) is 3.07. The Morgan fingerprint density at radius 1 is 1.29 bits per heavy atom. The molecule has 17 heavy (non-hydrogen) atoms. The molecule has 1 heterocycles. The number of piperidine rings is 1. The molecule has 0 bridgehead atoms. The second kappa shape index (κ2) is 4.81. The molecular weight excluding hydrogens is 222 g/mol. The number of nitrogens with two attached hydrogens (primary N) is 1. The van der Waals surface area contributed by atoms with E-state index in [1.807, 2.05) is 20.8 Å². The average Bonchev–Trinajstić information content (AvgIpc) is 2.15. The van der Waals surface area contributed by atoms with Crippen LogP contribution in [0.25, 0.3) is 0 Å². The molecule has 0 aromatic carbocycles. The van der Waals surface area contributed by atoms with E-state index in [-0.39, 0.29) is 6.04 Å². The molecule has 1 fully saturated rings. The molecule has 1 saturated heterocycles. The molecule has 1 aliphatic heterocycles. The molecule has 0 aliphatic carbocycles. The zero-order chi connectivity index (χ0) is 13.2. The highest BCUT2D eigenvalue weighted by Crippen LogP contribution is 2.24. The lowest BCUT2D eigenvalue weighted by Gasteiger charge is -2.43. The Morgan fingerprint density at radius 2 is 1.76 bits per heavy atom. The summed E-state index contributed by atoms with van der Waals surface area (Å²) in [4.78, 5) is 25.3. The number of carboxylic acid groups (broad SMARTS) is 1. The predicted octanol–water partition coefficient (Wildman–Crippen LogP) is 1.31. The average molecular weight is 243 g/mol. The number of amides is 3. The monoisotopic (exact) mass is 243 g/mol. The molecule has 0 atom stereocenters. The highest BCUT2D eigenvalue weighted by Gasteiger charge is 2.35. The zero-order valence-electron chi connectivity index (χ0n) is 10.6. The van der Waals surface area contributed by atoms with Gasteiger partial charge in [0.25, 0.3) is 0 Å². The number of primary amides is 1. The minimum Gasteiger partial charge on any atom is -0.465 e. The van der Waals surface area contributed by atoms with E-state index >= 15 is 0 Å². The van der Waals surface area contributed by atoms with Gasteiger partial charge in [0.2, 0.25) is 0 Å². The van der Waals surface area contributed by atoms with Crippen molar-refractivity contribution in [1.82, 2.24) is 9.80 Å². The second-order valence-electron chi connectivity index (χ2n) is 5.38. The Labute approximate surface area is 101 Å². The van der Waals surface area contributed by atoms with Crippen LogP contribution in [0.5, 0.6) is 0 Å². The molecule has 1 rings (SSSR count). The largest absolute Gasteiger partial charge is 0.465 e. The number of likely N-dealkylation sites (tertiary alicyclic amines) is 1. The lowest BCUT2D eigenvalue weighted by atomic mass is 9.97. The Balaban J connectivity index is 2.68. The highest BCUT2D eigenvalue weighted by molar-refractivity contribution is 5.72. The fraction of sp³-hybridized carbons (Fsp3) is 0.818. The molecule has 0 saturated carbocycles. The van der Waals surface area contributed by atoms with Crippen LogP contribution in [0.1, 0.15) is 33.6 Å². The molecule has 0 unspecified atom stereocenters. The van der Waals surface area contributed by atoms with E-state index < -0.39 is 17.7 Å². The van der Waals surface area contributed by atoms with Crippen LogP contribution in [0.2, 0.25) is 0 Å². The minimum atomic E-state index is -0.907. The van der Waals surface area contributed by atoms with Gasteiger partial charge in [-0.15, -0.1) is 0 Å². The third-order valence-electron chi connectivity index (χ3n) is 3.07. The van der Waals surface area contributed by atoms with Gasteiger partial charge in [-0.05, 0) is 33.6 Å². The molecule has 6 nitrogen and oxygen atoms in total. The summed E-state index contributed by atoms with van der Waals surface area (Å²) in [6.07, 6.45) is 0.383. The maximum Gasteiger partial charge on any atom is 0.407 e. The molecule has 1 aliphatic rings. The number of hydrogen-bond acceptors (Lipinski definition) is 2. The van der Waals surface area contributed by atoms with E-state index in [1.165, 1.54) is 4.90 Å². The van der Waals surface area contributed by atoms with Crippen LogP contribution in [-0.4, -0.2) is 51.7 Å². The van der Waals surface area contributed by atoms with E-state index in [9.17, 15) is 14.7 Å². The van der Waals surface area contributed by atoms with Gasteiger partial charge in [0.05, 0.1) is 0 Å². The van der Waals surface area contributed by atoms with E-state index in [2.05, 4.69) is 0 Å². The lowest BCUT2D eigenvalue weighted by molar-refractivity contribution is 0.0481. The quantitative estimate of drug-likeness (QED) is 0.728. The fourth-order valence-electron chi connectivity index (χ4n) is 2.34. The smallest absolute Gasteiger partial charge is 0.407 e. The fourth-order valence-corrected chi connectivity index (χ4v) is 2.34. The van der Waals surface area contributed by atoms with Crippen molar-refractivity contribution < 1.29 is 14.7 Å². The summed E-state index contributed by atoms with van der Waals surface area (Å²) in [5.41, 5.74) is 4.77. The summed E-state index contributed by atoms with van der Waals surface area (Å²) in [7, 11) is 0. The van der Waals surface area contributed by atoms with Crippen molar-refractivity contribution in [3.05, 3.63) is 0 Å². The van der Waals surface area contributed by atoms with Crippen LogP contribution in [-0.2, 0) is 0 Å². The van der Waals surface area contributed by atoms with Gasteiger partial charge in [-0.1, -0.05) is 0 Å². The highest BCUT2D eigenvalue weighted by atomic mass is 16.4. The first-order valence-corrected chi connectivity index (χ1v) is 5.80. The Hall–Kier alpha value is -1.46. The summed E-state index contributed by atoms with van der Waals surface area (Å²) in [5.74, 6) is 0. The molecule has 0 radical (unpaired) electrons. The molecule has 0 aromatic rings. The van der Waals surface area contributed by atoms with Crippen LogP contribution in [0.4, 0.5) is 9.59 Å². The normalized spacial score (nSPS) is 17.9. The van der Waals surface area contributed by atoms with Crippen molar-refractivity contribution in [2.24, 2.45) is 5.73 Å². The molecule has 3 N–H and O–H groups in total. The molecule has 6 heteroatoms. The molecule has 0 aromatic heterocycles. The number of carbonyl (C=O) groups excluding carboxylic acids is 1. The molecule has 98 valence electrons. The van der Waals surface area contributed by atoms with Gasteiger partial charge in [-0.25, -0.2) is 9.59 Å². The van der Waals surface area contributed by atoms with E-state index in [4.69, 9.17) is 5.73 Å². The lowest BCUT2D eigenvalue weighted by Crippen LogP contribution is -2.55. The summed E-state index contributed by atoms with van der Waals surface area (Å²) < 4.78 is 0. The summed E-state index contributed by atoms with van der Waals surface area (Å²) in [6.45, 7) is 6.68. The van der Waals surface area contributed by atoms with Gasteiger partial charge in [0, 0.05) is 24.7 Å². The van der Waals surface area contributed by atoms with Crippen molar-refractivity contribution in [2.45, 2.75) is 45.2 Å². The minimum absolute atomic E-state index is 0.0388. The molecular formula is C11H21N3O3. The maximum atomic E-state index is 11.3. The summed E-state index contributed by atoms with van der Waals surface area (Å²) in [6, 6.07) is -0.468. The van der Waals surface area contributed by atoms with Crippen LogP contribution in [0.3, 0.4) is 0 Å². The number of rotatable bonds is 1. The van der Waals surface area contributed by atoms with E-state index in [0.717, 1.165) is 0 Å². The van der Waals surface area contributed by atoms with Crippen molar-refractivity contribution >= 4 is 12.1 Å². The summed E-state index contributed by atoms with van der Waals surface area (Å²) in [5, 5.41) is 9.26. The summed E-state index contributed by atoms with van der Waals surface area (Å²) >= 11 is 0. The van der Waals surface area contributed by atoms with Crippen molar-refractivity contribution in [3.63, 3.8) is 0 Å². The number of urea groups is 1. The van der Waals surface area contributed by atoms with Crippen molar-refractivity contribution in [2.75, 3.05) is 13.1 Å². The van der Waals surface area contributed by atoms with Gasteiger partial charge in [0.1, 0.15) is 0 Å². The van der Waals surface area contributed by atoms with Crippen molar-refractivity contribution in [3.8, 4) is 0 Å². The zero-order valence-corrected chi connectivity index (χ0v) is 10.6. The van der Waals surface area contributed by atoms with Crippen LogP contribution in [0, 0.1) is 0 Å². The van der Waals surface area contributed by atoms with Gasteiger partial charge >= 0.3 is 12.1 Å². The van der Waals surface area contributed by atoms with Gasteiger partial charge in [-0.3, -0.25) is 0 Å². The standard InChI is InChI=1S/C11H21N3O3/c1-11(2,3)14(10(16)17)8-4-6-13(7-5-8)9(12)15/h8H,4-7H2,1-3H3,(H2,12,15)(H,16,17). The number of nitrogens with zero attached hydrogens (tertiary/aromatic N) is 2. The first-order chi connectivity index (χ1) is 7.73. The van der Waals surface area contributed by atoms with Gasteiger partial charge in [-0.2, -0.15) is 0 Å². The Morgan fingerprint density at radius 3 is 2.06 bits per heavy atom. The Bertz CT molecular complexity index is 304. The number of hydrogen-bond donors (Lipinski definition) is 2. The molecule has 0 spiro atoms. The van der Waals surface area contributed by atoms with E-state index in [0.29, 0.717) is 25.9 Å². The number of carbonyl (C=O) groups is 2. The Kier molecular flexibility index (Phi) is 3.85. The SMILES string of the molecule is CC(C)(C)N(C(=O)O)C1CCN(C(N)=O)CC1. The topological polar surface area (TPSA) is 86.9 Å². The van der Waals surface area contributed by atoms with E-state index in [1.54, 1.807) is 4.90 Å². The van der Waals surface area contributed by atoms with Crippen molar-refractivity contribution in [1.29, 1.82) is 0 Å². The van der Waals surface area contributed by atoms with Gasteiger partial charge < -0.3 is 20.6 Å². The van der Waals surface area contributed by atoms with Crippen LogP contribution < -0.4 is 5.73 Å². The predicted molar refractivity (Wildman–Crippen MR) is 63.8 cm³/mol. The third kappa shape index (κ3) is 3.25. The first-order valence-electron chi connectivity index (χ1n) is 5.80. The van der Waals surface area contributed by atoms with Gasteiger partial charge in [0.15, 0.2) is 0 Å².